The van der Waals surface area contributed by atoms with Gasteiger partial charge in [0.1, 0.15) is 0 Å². The minimum atomic E-state index is -3.70. The van der Waals surface area contributed by atoms with Crippen LogP contribution >= 0.6 is 0 Å². The Morgan fingerprint density at radius 2 is 1.52 bits per heavy atom. The van der Waals surface area contributed by atoms with Crippen molar-refractivity contribution in [1.82, 2.24) is 4.90 Å². The number of hydrogen-bond donors (Lipinski definition) is 2. The summed E-state index contributed by atoms with van der Waals surface area (Å²) < 4.78 is 53.2. The second kappa shape index (κ2) is 12.4. The van der Waals surface area contributed by atoms with Crippen molar-refractivity contribution in [2.45, 2.75) is 55.6 Å². The zero-order valence-electron chi connectivity index (χ0n) is 23.7. The van der Waals surface area contributed by atoms with Gasteiger partial charge in [0.25, 0.3) is 10.0 Å². The number of likely N-dealkylation sites (tertiary alicyclic amines) is 1. The second-order valence-electron chi connectivity index (χ2n) is 11.3. The first-order chi connectivity index (χ1) is 20.3. The average molecular weight is 595 g/mol. The molecule has 3 aromatic rings. The Balaban J connectivity index is 1.19. The fourth-order valence-electron chi connectivity index (χ4n) is 5.97. The van der Waals surface area contributed by atoms with Crippen LogP contribution in [0.4, 0.5) is 5.69 Å². The number of anilines is 1. The molecule has 224 valence electrons. The number of aliphatic hydroxyl groups is 1. The number of ether oxygens (including phenoxy) is 4. The third-order valence-corrected chi connectivity index (χ3v) is 9.88. The molecule has 3 aromatic carbocycles. The highest BCUT2D eigenvalue weighted by atomic mass is 32.2. The Morgan fingerprint density at radius 3 is 2.17 bits per heavy atom. The first kappa shape index (κ1) is 29.3. The minimum Gasteiger partial charge on any atom is -0.392 e. The lowest BCUT2D eigenvalue weighted by atomic mass is 9.89. The van der Waals surface area contributed by atoms with E-state index in [2.05, 4.69) is 16.5 Å². The first-order valence-electron chi connectivity index (χ1n) is 14.5. The Kier molecular flexibility index (Phi) is 8.65. The molecular formula is C32H38N2O7S. The summed E-state index contributed by atoms with van der Waals surface area (Å²) in [4.78, 5) is 2.61. The zero-order valence-corrected chi connectivity index (χ0v) is 24.5. The van der Waals surface area contributed by atoms with Crippen LogP contribution in [-0.4, -0.2) is 63.2 Å². The predicted molar refractivity (Wildman–Crippen MR) is 157 cm³/mol. The molecule has 9 nitrogen and oxygen atoms in total. The summed E-state index contributed by atoms with van der Waals surface area (Å²) in [7, 11) is -3.70. The molecule has 3 saturated heterocycles. The van der Waals surface area contributed by atoms with Crippen molar-refractivity contribution in [2.24, 2.45) is 5.92 Å². The van der Waals surface area contributed by atoms with Gasteiger partial charge in [0.05, 0.1) is 36.9 Å². The molecule has 1 spiro atoms. The molecule has 0 amide bonds. The van der Waals surface area contributed by atoms with Crippen LogP contribution in [0.3, 0.4) is 0 Å². The van der Waals surface area contributed by atoms with Gasteiger partial charge in [-0.05, 0) is 35.4 Å². The Morgan fingerprint density at radius 1 is 0.881 bits per heavy atom. The molecule has 4 unspecified atom stereocenters. The molecule has 3 fully saturated rings. The predicted octanol–water partition coefficient (Wildman–Crippen LogP) is 4.61. The molecule has 0 radical (unpaired) electrons. The maximum Gasteiger partial charge on any atom is 0.261 e. The van der Waals surface area contributed by atoms with E-state index in [-0.39, 0.29) is 29.6 Å². The molecule has 0 aliphatic carbocycles. The molecule has 3 heterocycles. The largest absolute Gasteiger partial charge is 0.392 e. The van der Waals surface area contributed by atoms with Crippen LogP contribution in [0.1, 0.15) is 48.8 Å². The number of benzene rings is 3. The van der Waals surface area contributed by atoms with Crippen LogP contribution in [0.25, 0.3) is 0 Å². The monoisotopic (exact) mass is 594 g/mol. The number of nitrogens with one attached hydrogen (secondary N) is 1. The van der Waals surface area contributed by atoms with Crippen LogP contribution in [0.2, 0.25) is 0 Å². The van der Waals surface area contributed by atoms with E-state index in [1.807, 2.05) is 36.4 Å². The molecule has 0 saturated carbocycles. The molecular weight excluding hydrogens is 556 g/mol. The van der Waals surface area contributed by atoms with Gasteiger partial charge in [0, 0.05) is 49.6 Å². The average Bonchev–Trinajstić information content (AvgIpc) is 3.48. The molecule has 2 N–H and O–H groups in total. The molecule has 0 bridgehead atoms. The summed E-state index contributed by atoms with van der Waals surface area (Å²) in [6.07, 6.45) is 0.699. The van der Waals surface area contributed by atoms with Gasteiger partial charge in [0.15, 0.2) is 12.1 Å². The molecule has 3 aliphatic heterocycles. The first-order valence-corrected chi connectivity index (χ1v) is 16.0. The van der Waals surface area contributed by atoms with Crippen LogP contribution < -0.4 is 4.72 Å². The molecule has 3 aliphatic rings. The maximum absolute atomic E-state index is 12.8. The van der Waals surface area contributed by atoms with E-state index in [0.717, 1.165) is 49.2 Å². The van der Waals surface area contributed by atoms with E-state index in [9.17, 15) is 13.5 Å². The zero-order chi connectivity index (χ0) is 29.2. The third kappa shape index (κ3) is 6.40. The number of piperidine rings is 1. The molecule has 42 heavy (non-hydrogen) atoms. The highest BCUT2D eigenvalue weighted by Gasteiger charge is 2.43. The van der Waals surface area contributed by atoms with Crippen molar-refractivity contribution in [1.29, 1.82) is 0 Å². The lowest BCUT2D eigenvalue weighted by Crippen LogP contribution is -2.50. The van der Waals surface area contributed by atoms with E-state index in [0.29, 0.717) is 18.9 Å². The number of hydrogen-bond acceptors (Lipinski definition) is 8. The summed E-state index contributed by atoms with van der Waals surface area (Å²) in [5, 5.41) is 9.52. The number of rotatable bonds is 8. The Hall–Kier alpha value is -2.83. The molecule has 0 aromatic heterocycles. The highest BCUT2D eigenvalue weighted by molar-refractivity contribution is 7.92. The van der Waals surface area contributed by atoms with E-state index < -0.39 is 22.1 Å². The lowest BCUT2D eigenvalue weighted by Gasteiger charge is -2.44. The van der Waals surface area contributed by atoms with Gasteiger partial charge in [-0.3, -0.25) is 4.72 Å². The van der Waals surface area contributed by atoms with Gasteiger partial charge >= 0.3 is 0 Å². The highest BCUT2D eigenvalue weighted by Crippen LogP contribution is 2.42. The van der Waals surface area contributed by atoms with Crippen LogP contribution in [0.15, 0.2) is 83.8 Å². The second-order valence-corrected chi connectivity index (χ2v) is 13.0. The van der Waals surface area contributed by atoms with Gasteiger partial charge in [-0.25, -0.2) is 8.42 Å². The fraction of sp³-hybridized carbons (Fsp3) is 0.438. The molecule has 4 atom stereocenters. The SMILES string of the molecule is CC1C(CN2CCC3(CC2)OCCO3)OC(c2ccc(NS(=O)(=O)c3ccccc3)cc2)OC1c1ccc(CO)cc1. The number of sulfonamides is 1. The van der Waals surface area contributed by atoms with Crippen LogP contribution in [-0.2, 0) is 35.6 Å². The van der Waals surface area contributed by atoms with Crippen molar-refractivity contribution in [3.05, 3.63) is 95.6 Å². The van der Waals surface area contributed by atoms with E-state index in [4.69, 9.17) is 18.9 Å². The standard InChI is InChI=1S/C32H38N2O7S/c1-23-29(21-34-17-15-32(16-18-34)38-19-20-39-32)40-31(41-30(23)25-9-7-24(22-35)8-10-25)26-11-13-27(14-12-26)33-42(36,37)28-5-3-2-4-6-28/h2-14,23,29-31,33,35H,15-22H2,1H3. The van der Waals surface area contributed by atoms with Crippen LogP contribution in [0, 0.1) is 5.92 Å². The summed E-state index contributed by atoms with van der Waals surface area (Å²) in [5.41, 5.74) is 3.13. The van der Waals surface area contributed by atoms with E-state index in [1.165, 1.54) is 0 Å². The fourth-order valence-corrected chi connectivity index (χ4v) is 7.05. The number of aliphatic hydroxyl groups excluding tert-OH is 1. The Bertz CT molecular complexity index is 1420. The van der Waals surface area contributed by atoms with Crippen molar-refractivity contribution in [3.8, 4) is 0 Å². The minimum absolute atomic E-state index is 0.0139. The quantitative estimate of drug-likeness (QED) is 0.390. The lowest BCUT2D eigenvalue weighted by molar-refractivity contribution is -0.278. The van der Waals surface area contributed by atoms with Gasteiger partial charge in [-0.1, -0.05) is 61.5 Å². The van der Waals surface area contributed by atoms with Gasteiger partial charge in [-0.2, -0.15) is 0 Å². The van der Waals surface area contributed by atoms with Gasteiger partial charge < -0.3 is 29.0 Å². The number of nitrogens with zero attached hydrogens (tertiary/aromatic N) is 1. The van der Waals surface area contributed by atoms with Crippen molar-refractivity contribution < 1.29 is 32.5 Å². The molecule has 10 heteroatoms. The topological polar surface area (TPSA) is 107 Å². The Labute approximate surface area is 247 Å². The van der Waals surface area contributed by atoms with E-state index in [1.54, 1.807) is 42.5 Å². The summed E-state index contributed by atoms with van der Waals surface area (Å²) in [6.45, 7) is 5.93. The third-order valence-electron chi connectivity index (χ3n) is 8.48. The summed E-state index contributed by atoms with van der Waals surface area (Å²) >= 11 is 0. The van der Waals surface area contributed by atoms with E-state index >= 15 is 0 Å². The van der Waals surface area contributed by atoms with Crippen molar-refractivity contribution in [2.75, 3.05) is 37.6 Å². The maximum atomic E-state index is 12.8. The van der Waals surface area contributed by atoms with Gasteiger partial charge in [-0.15, -0.1) is 0 Å². The summed E-state index contributed by atoms with van der Waals surface area (Å²) in [6, 6.07) is 23.3. The smallest absolute Gasteiger partial charge is 0.261 e. The van der Waals surface area contributed by atoms with Crippen molar-refractivity contribution >= 4 is 15.7 Å². The molecule has 6 rings (SSSR count). The van der Waals surface area contributed by atoms with Crippen LogP contribution in [0.5, 0.6) is 0 Å². The summed E-state index contributed by atoms with van der Waals surface area (Å²) in [5.74, 6) is -0.366. The van der Waals surface area contributed by atoms with Crippen molar-refractivity contribution in [3.63, 3.8) is 0 Å². The van der Waals surface area contributed by atoms with Gasteiger partial charge in [0.2, 0.25) is 0 Å². The normalized spacial score (nSPS) is 26.3.